The van der Waals surface area contributed by atoms with Crippen molar-refractivity contribution in [3.63, 3.8) is 0 Å². The van der Waals surface area contributed by atoms with Gasteiger partial charge in [0, 0.05) is 23.8 Å². The number of pyridine rings is 1. The quantitative estimate of drug-likeness (QED) is 0.611. The van der Waals surface area contributed by atoms with Gasteiger partial charge in [0.15, 0.2) is 17.1 Å². The average molecular weight is 347 g/mol. The van der Waals surface area contributed by atoms with Crippen LogP contribution in [0.3, 0.4) is 0 Å². The maximum absolute atomic E-state index is 13.5. The van der Waals surface area contributed by atoms with Crippen molar-refractivity contribution < 1.29 is 13.9 Å². The Labute approximate surface area is 123 Å². The molecule has 1 heterocycles. The zero-order valence-corrected chi connectivity index (χ0v) is 12.3. The summed E-state index contributed by atoms with van der Waals surface area (Å²) in [5.41, 5.74) is 1.29. The summed E-state index contributed by atoms with van der Waals surface area (Å²) >= 11 is 9.12. The second kappa shape index (κ2) is 6.32. The van der Waals surface area contributed by atoms with Gasteiger partial charge in [-0.05, 0) is 33.6 Å². The highest BCUT2D eigenvalue weighted by Crippen LogP contribution is 2.36. The molecular formula is C13H10BrClFNO2. The summed E-state index contributed by atoms with van der Waals surface area (Å²) in [7, 11) is 1.50. The summed E-state index contributed by atoms with van der Waals surface area (Å²) in [6.45, 7) is 0.0411. The average Bonchev–Trinajstić information content (AvgIpc) is 2.37. The molecule has 6 heteroatoms. The van der Waals surface area contributed by atoms with Gasteiger partial charge in [-0.15, -0.1) is 0 Å². The van der Waals surface area contributed by atoms with Crippen molar-refractivity contribution >= 4 is 27.5 Å². The fourth-order valence-electron chi connectivity index (χ4n) is 1.60. The van der Waals surface area contributed by atoms with Crippen LogP contribution in [-0.4, -0.2) is 18.9 Å². The van der Waals surface area contributed by atoms with Crippen LogP contribution in [0.4, 0.5) is 4.39 Å². The number of rotatable bonds is 4. The molecule has 0 aliphatic carbocycles. The van der Waals surface area contributed by atoms with Gasteiger partial charge in [0.05, 0.1) is 0 Å². The van der Waals surface area contributed by atoms with Gasteiger partial charge in [0.2, 0.25) is 5.95 Å². The molecule has 19 heavy (non-hydrogen) atoms. The monoisotopic (exact) mass is 345 g/mol. The lowest BCUT2D eigenvalue weighted by atomic mass is 10.1. The van der Waals surface area contributed by atoms with E-state index in [0.29, 0.717) is 16.3 Å². The second-order valence-corrected chi connectivity index (χ2v) is 4.86. The van der Waals surface area contributed by atoms with E-state index in [9.17, 15) is 4.39 Å². The lowest BCUT2D eigenvalue weighted by molar-refractivity contribution is 0.0505. The number of aromatic nitrogens is 1. The van der Waals surface area contributed by atoms with Crippen LogP contribution >= 0.6 is 27.5 Å². The molecular weight excluding hydrogens is 337 g/mol. The number of hydrogen-bond acceptors (Lipinski definition) is 3. The molecule has 0 atom stereocenters. The normalized spacial score (nSPS) is 10.5. The summed E-state index contributed by atoms with van der Waals surface area (Å²) in [6, 6.07) is 8.36. The van der Waals surface area contributed by atoms with Crippen molar-refractivity contribution in [2.75, 3.05) is 13.9 Å². The number of ether oxygens (including phenoxy) is 2. The molecule has 2 aromatic rings. The van der Waals surface area contributed by atoms with E-state index in [1.165, 1.54) is 13.2 Å². The van der Waals surface area contributed by atoms with Gasteiger partial charge in [0.1, 0.15) is 0 Å². The van der Waals surface area contributed by atoms with Gasteiger partial charge >= 0.3 is 0 Å². The van der Waals surface area contributed by atoms with E-state index in [1.807, 2.05) is 6.07 Å². The lowest BCUT2D eigenvalue weighted by Crippen LogP contribution is -2.03. The maximum Gasteiger partial charge on any atom is 0.214 e. The highest BCUT2D eigenvalue weighted by atomic mass is 79.9. The van der Waals surface area contributed by atoms with Crippen molar-refractivity contribution in [2.24, 2.45) is 0 Å². The van der Waals surface area contributed by atoms with Gasteiger partial charge < -0.3 is 9.47 Å². The third-order valence-electron chi connectivity index (χ3n) is 2.36. The first kappa shape index (κ1) is 14.2. The SMILES string of the molecule is COCOc1c(-c2cccc(Cl)c2)cc(F)nc1Br. The van der Waals surface area contributed by atoms with Crippen LogP contribution in [0.2, 0.25) is 5.02 Å². The Morgan fingerprint density at radius 3 is 2.84 bits per heavy atom. The van der Waals surface area contributed by atoms with Crippen LogP contribution in [0.25, 0.3) is 11.1 Å². The van der Waals surface area contributed by atoms with Crippen molar-refractivity contribution in [1.82, 2.24) is 4.98 Å². The maximum atomic E-state index is 13.5. The molecule has 0 N–H and O–H groups in total. The van der Waals surface area contributed by atoms with Crippen molar-refractivity contribution in [2.45, 2.75) is 0 Å². The first-order chi connectivity index (χ1) is 9.11. The molecule has 100 valence electrons. The van der Waals surface area contributed by atoms with Crippen LogP contribution in [0, 0.1) is 5.95 Å². The van der Waals surface area contributed by atoms with Crippen molar-refractivity contribution in [1.29, 1.82) is 0 Å². The van der Waals surface area contributed by atoms with Gasteiger partial charge in [-0.25, -0.2) is 4.98 Å². The highest BCUT2D eigenvalue weighted by Gasteiger charge is 2.14. The highest BCUT2D eigenvalue weighted by molar-refractivity contribution is 9.10. The van der Waals surface area contributed by atoms with Crippen LogP contribution < -0.4 is 4.74 Å². The lowest BCUT2D eigenvalue weighted by Gasteiger charge is -2.12. The fourth-order valence-corrected chi connectivity index (χ4v) is 2.29. The zero-order valence-electron chi connectivity index (χ0n) is 9.99. The minimum Gasteiger partial charge on any atom is -0.464 e. The molecule has 3 nitrogen and oxygen atoms in total. The Bertz CT molecular complexity index is 595. The third-order valence-corrected chi connectivity index (χ3v) is 3.13. The van der Waals surface area contributed by atoms with E-state index in [2.05, 4.69) is 20.9 Å². The van der Waals surface area contributed by atoms with Crippen molar-refractivity contribution in [3.05, 3.63) is 45.9 Å². The predicted octanol–water partition coefficient (Wildman–Crippen LogP) is 4.29. The fraction of sp³-hybridized carbons (Fsp3) is 0.154. The number of benzene rings is 1. The molecule has 0 amide bonds. The molecule has 1 aromatic heterocycles. The Kier molecular flexibility index (Phi) is 4.74. The Morgan fingerprint density at radius 2 is 2.16 bits per heavy atom. The van der Waals surface area contributed by atoms with Crippen molar-refractivity contribution in [3.8, 4) is 16.9 Å². The molecule has 0 aliphatic heterocycles. The molecule has 0 fully saturated rings. The summed E-state index contributed by atoms with van der Waals surface area (Å²) < 4.78 is 24.0. The smallest absolute Gasteiger partial charge is 0.214 e. The predicted molar refractivity (Wildman–Crippen MR) is 74.8 cm³/mol. The minimum absolute atomic E-state index is 0.0411. The van der Waals surface area contributed by atoms with E-state index in [4.69, 9.17) is 21.1 Å². The van der Waals surface area contributed by atoms with Crippen LogP contribution in [0.5, 0.6) is 5.75 Å². The van der Waals surface area contributed by atoms with Gasteiger partial charge in [0.25, 0.3) is 0 Å². The van der Waals surface area contributed by atoms with Crippen LogP contribution in [0.1, 0.15) is 0 Å². The molecule has 0 aliphatic rings. The molecule has 2 rings (SSSR count). The first-order valence-electron chi connectivity index (χ1n) is 5.35. The zero-order chi connectivity index (χ0) is 13.8. The van der Waals surface area contributed by atoms with Gasteiger partial charge in [-0.1, -0.05) is 23.7 Å². The standard InChI is InChI=1S/C13H10BrClFNO2/c1-18-7-19-12-10(6-11(16)17-13(12)14)8-3-2-4-9(15)5-8/h2-6H,7H2,1H3. The summed E-state index contributed by atoms with van der Waals surface area (Å²) in [6.07, 6.45) is 0. The van der Waals surface area contributed by atoms with Crippen LogP contribution in [0.15, 0.2) is 34.9 Å². The molecule has 0 bridgehead atoms. The summed E-state index contributed by atoms with van der Waals surface area (Å²) in [4.78, 5) is 3.67. The number of nitrogens with zero attached hydrogens (tertiary/aromatic N) is 1. The largest absolute Gasteiger partial charge is 0.464 e. The first-order valence-corrected chi connectivity index (χ1v) is 6.52. The number of hydrogen-bond donors (Lipinski definition) is 0. The number of methoxy groups -OCH3 is 1. The van der Waals surface area contributed by atoms with E-state index in [-0.39, 0.29) is 11.4 Å². The van der Waals surface area contributed by atoms with E-state index >= 15 is 0 Å². The molecule has 0 saturated heterocycles. The summed E-state index contributed by atoms with van der Waals surface area (Å²) in [5, 5.41) is 0.559. The topological polar surface area (TPSA) is 31.4 Å². The molecule has 0 spiro atoms. The second-order valence-electron chi connectivity index (χ2n) is 3.67. The van der Waals surface area contributed by atoms with Crippen LogP contribution in [-0.2, 0) is 4.74 Å². The van der Waals surface area contributed by atoms with E-state index < -0.39 is 5.95 Å². The van der Waals surface area contributed by atoms with E-state index in [1.54, 1.807) is 18.2 Å². The Morgan fingerprint density at radius 1 is 1.37 bits per heavy atom. The minimum atomic E-state index is -0.605. The molecule has 0 unspecified atom stereocenters. The Balaban J connectivity index is 2.53. The van der Waals surface area contributed by atoms with Gasteiger partial charge in [-0.3, -0.25) is 0 Å². The molecule has 0 saturated carbocycles. The molecule has 1 aromatic carbocycles. The molecule has 0 radical (unpaired) electrons. The number of halogens is 3. The third kappa shape index (κ3) is 3.43. The van der Waals surface area contributed by atoms with Gasteiger partial charge in [-0.2, -0.15) is 4.39 Å². The summed E-state index contributed by atoms with van der Waals surface area (Å²) in [5.74, 6) is -0.197. The Hall–Kier alpha value is -1.17. The van der Waals surface area contributed by atoms with E-state index in [0.717, 1.165) is 5.56 Å².